The van der Waals surface area contributed by atoms with Gasteiger partial charge in [-0.2, -0.15) is 0 Å². The molecule has 1 aliphatic rings. The molecule has 0 spiro atoms. The Kier molecular flexibility index (Phi) is 3.11. The van der Waals surface area contributed by atoms with E-state index in [-0.39, 0.29) is 11.4 Å². The van der Waals surface area contributed by atoms with Crippen molar-refractivity contribution in [3.05, 3.63) is 28.3 Å². The molecule has 18 heavy (non-hydrogen) atoms. The van der Waals surface area contributed by atoms with Crippen LogP contribution in [0.15, 0.2) is 18.2 Å². The highest BCUT2D eigenvalue weighted by molar-refractivity contribution is 5.59. The monoisotopic (exact) mass is 254 g/mol. The summed E-state index contributed by atoms with van der Waals surface area (Å²) in [6.07, 6.45) is 0.465. The maximum atomic E-state index is 13.8. The third kappa shape index (κ3) is 2.37. The molecule has 6 heteroatoms. The molecule has 98 valence electrons. The van der Waals surface area contributed by atoms with Crippen molar-refractivity contribution in [3.8, 4) is 5.75 Å². The number of rotatable bonds is 3. The first-order valence-corrected chi connectivity index (χ1v) is 5.69. The summed E-state index contributed by atoms with van der Waals surface area (Å²) >= 11 is 0. The lowest BCUT2D eigenvalue weighted by atomic mass is 10.1. The van der Waals surface area contributed by atoms with E-state index in [1.54, 1.807) is 19.1 Å². The van der Waals surface area contributed by atoms with Crippen molar-refractivity contribution in [1.82, 2.24) is 0 Å². The van der Waals surface area contributed by atoms with Gasteiger partial charge in [0.2, 0.25) is 0 Å². The van der Waals surface area contributed by atoms with Crippen LogP contribution in [0, 0.1) is 10.1 Å². The largest absolute Gasteiger partial charge is 0.490 e. The van der Waals surface area contributed by atoms with E-state index in [1.165, 1.54) is 13.2 Å². The molecular weight excluding hydrogens is 239 g/mol. The average Bonchev–Trinajstić information content (AvgIpc) is 2.68. The summed E-state index contributed by atoms with van der Waals surface area (Å²) in [4.78, 5) is 12.1. The van der Waals surface area contributed by atoms with Crippen LogP contribution in [-0.4, -0.2) is 30.8 Å². The molecule has 1 aromatic rings. The van der Waals surface area contributed by atoms with Gasteiger partial charge in [-0.3, -0.25) is 10.1 Å². The van der Waals surface area contributed by atoms with Crippen LogP contribution in [0.3, 0.4) is 0 Å². The van der Waals surface area contributed by atoms with Crippen molar-refractivity contribution in [2.75, 3.05) is 25.1 Å². The third-order valence-electron chi connectivity index (χ3n) is 3.15. The molecule has 1 fully saturated rings. The van der Waals surface area contributed by atoms with Crippen LogP contribution in [0.4, 0.5) is 15.8 Å². The molecule has 0 N–H and O–H groups in total. The molecule has 0 aliphatic carbocycles. The highest BCUT2D eigenvalue weighted by atomic mass is 19.1. The molecule has 5 nitrogen and oxygen atoms in total. The summed E-state index contributed by atoms with van der Waals surface area (Å²) in [5.74, 6) is 0.199. The number of nitrogens with zero attached hydrogens (tertiary/aromatic N) is 2. The molecule has 0 amide bonds. The van der Waals surface area contributed by atoms with Gasteiger partial charge < -0.3 is 9.64 Å². The van der Waals surface area contributed by atoms with Gasteiger partial charge in [-0.15, -0.1) is 0 Å². The third-order valence-corrected chi connectivity index (χ3v) is 3.15. The Morgan fingerprint density at radius 2 is 2.28 bits per heavy atom. The van der Waals surface area contributed by atoms with Crippen molar-refractivity contribution >= 4 is 11.4 Å². The van der Waals surface area contributed by atoms with Crippen molar-refractivity contribution in [2.45, 2.75) is 19.0 Å². The zero-order chi connectivity index (χ0) is 13.3. The fourth-order valence-corrected chi connectivity index (χ4v) is 2.16. The van der Waals surface area contributed by atoms with Gasteiger partial charge in [-0.05, 0) is 13.0 Å². The lowest BCUT2D eigenvalue weighted by molar-refractivity contribution is -0.385. The van der Waals surface area contributed by atoms with E-state index < -0.39 is 10.6 Å². The summed E-state index contributed by atoms with van der Waals surface area (Å²) in [7, 11) is 1.38. The summed E-state index contributed by atoms with van der Waals surface area (Å²) in [5, 5.41) is 10.8. The number of ether oxygens (including phenoxy) is 1. The molecule has 0 saturated carbocycles. The van der Waals surface area contributed by atoms with Gasteiger partial charge in [0.1, 0.15) is 5.67 Å². The minimum Gasteiger partial charge on any atom is -0.490 e. The van der Waals surface area contributed by atoms with E-state index >= 15 is 0 Å². The number of halogens is 1. The lowest BCUT2D eigenvalue weighted by Crippen LogP contribution is -2.25. The van der Waals surface area contributed by atoms with Crippen LogP contribution in [0.2, 0.25) is 0 Å². The highest BCUT2D eigenvalue weighted by Crippen LogP contribution is 2.35. The number of anilines is 1. The van der Waals surface area contributed by atoms with Gasteiger partial charge in [0.25, 0.3) is 0 Å². The first-order chi connectivity index (χ1) is 8.43. The molecule has 0 radical (unpaired) electrons. The van der Waals surface area contributed by atoms with Crippen LogP contribution in [-0.2, 0) is 0 Å². The Hall–Kier alpha value is -1.85. The molecule has 1 heterocycles. The van der Waals surface area contributed by atoms with Crippen LogP contribution < -0.4 is 9.64 Å². The van der Waals surface area contributed by atoms with E-state index in [0.717, 1.165) is 5.69 Å². The zero-order valence-electron chi connectivity index (χ0n) is 10.4. The Bertz CT molecular complexity index is 476. The number of alkyl halides is 1. The van der Waals surface area contributed by atoms with E-state index in [9.17, 15) is 14.5 Å². The molecule has 1 unspecified atom stereocenters. The van der Waals surface area contributed by atoms with E-state index in [0.29, 0.717) is 19.5 Å². The first-order valence-electron chi connectivity index (χ1n) is 5.69. The predicted molar refractivity (Wildman–Crippen MR) is 66.0 cm³/mol. The van der Waals surface area contributed by atoms with Crippen LogP contribution in [0.25, 0.3) is 0 Å². The zero-order valence-corrected chi connectivity index (χ0v) is 10.4. The van der Waals surface area contributed by atoms with E-state index in [1.807, 2.05) is 4.90 Å². The molecule has 0 bridgehead atoms. The number of nitro benzene ring substituents is 1. The van der Waals surface area contributed by atoms with Crippen LogP contribution in [0.5, 0.6) is 5.75 Å². The lowest BCUT2D eigenvalue weighted by Gasteiger charge is -2.20. The SMILES string of the molecule is COc1cc(N2CCC(C)(F)C2)ccc1[N+](=O)[O-]. The number of hydrogen-bond acceptors (Lipinski definition) is 4. The fraction of sp³-hybridized carbons (Fsp3) is 0.500. The van der Waals surface area contributed by atoms with Crippen LogP contribution in [0.1, 0.15) is 13.3 Å². The van der Waals surface area contributed by atoms with Crippen molar-refractivity contribution in [1.29, 1.82) is 0 Å². The minimum atomic E-state index is -1.20. The Morgan fingerprint density at radius 3 is 2.78 bits per heavy atom. The average molecular weight is 254 g/mol. The summed E-state index contributed by atoms with van der Waals surface area (Å²) in [6.45, 7) is 2.47. The Balaban J connectivity index is 2.28. The van der Waals surface area contributed by atoms with Crippen molar-refractivity contribution in [2.24, 2.45) is 0 Å². The number of methoxy groups -OCH3 is 1. The second-order valence-electron chi connectivity index (χ2n) is 4.70. The second-order valence-corrected chi connectivity index (χ2v) is 4.70. The van der Waals surface area contributed by atoms with E-state index in [4.69, 9.17) is 4.74 Å². The second kappa shape index (κ2) is 4.44. The maximum absolute atomic E-state index is 13.8. The summed E-state index contributed by atoms with van der Waals surface area (Å²) < 4.78 is 18.8. The van der Waals surface area contributed by atoms with Gasteiger partial charge in [0, 0.05) is 30.8 Å². The Morgan fingerprint density at radius 1 is 1.56 bits per heavy atom. The molecular formula is C12H15FN2O3. The van der Waals surface area contributed by atoms with Crippen LogP contribution >= 0.6 is 0 Å². The first kappa shape index (κ1) is 12.6. The summed E-state index contributed by atoms with van der Waals surface area (Å²) in [5.41, 5.74) is -0.531. The van der Waals surface area contributed by atoms with Gasteiger partial charge in [0.15, 0.2) is 5.75 Å². The minimum absolute atomic E-state index is 0.0801. The standard InChI is InChI=1S/C12H15FN2O3/c1-12(13)5-6-14(8-12)9-3-4-10(15(16)17)11(7-9)18-2/h3-4,7H,5-6,8H2,1-2H3. The highest BCUT2D eigenvalue weighted by Gasteiger charge is 2.34. The quantitative estimate of drug-likeness (QED) is 0.614. The fourth-order valence-electron chi connectivity index (χ4n) is 2.16. The smallest absolute Gasteiger partial charge is 0.311 e. The maximum Gasteiger partial charge on any atom is 0.311 e. The molecule has 1 aliphatic heterocycles. The number of nitro groups is 1. The topological polar surface area (TPSA) is 55.6 Å². The number of benzene rings is 1. The molecule has 1 atom stereocenters. The molecule has 1 aromatic carbocycles. The predicted octanol–water partition coefficient (Wildman–Crippen LogP) is 2.54. The van der Waals surface area contributed by atoms with Crippen molar-refractivity contribution in [3.63, 3.8) is 0 Å². The van der Waals surface area contributed by atoms with Gasteiger partial charge >= 0.3 is 5.69 Å². The van der Waals surface area contributed by atoms with Gasteiger partial charge in [-0.25, -0.2) is 4.39 Å². The normalized spacial score (nSPS) is 23.2. The van der Waals surface area contributed by atoms with Crippen molar-refractivity contribution < 1.29 is 14.1 Å². The number of hydrogen-bond donors (Lipinski definition) is 0. The molecule has 2 rings (SSSR count). The van der Waals surface area contributed by atoms with E-state index in [2.05, 4.69) is 0 Å². The Labute approximate surface area is 104 Å². The van der Waals surface area contributed by atoms with Gasteiger partial charge in [-0.1, -0.05) is 0 Å². The van der Waals surface area contributed by atoms with Gasteiger partial charge in [0.05, 0.1) is 18.6 Å². The molecule has 1 saturated heterocycles. The summed E-state index contributed by atoms with van der Waals surface area (Å²) in [6, 6.07) is 4.60. The molecule has 0 aromatic heterocycles.